The Morgan fingerprint density at radius 2 is 1.68 bits per heavy atom. The smallest absolute Gasteiger partial charge is 0.293 e. The normalized spacial score (nSPS) is 14.6. The summed E-state index contributed by atoms with van der Waals surface area (Å²) in [6.45, 7) is 0.552. The average Bonchev–Trinajstić information content (AvgIpc) is 3.16. The molecule has 0 saturated carbocycles. The molecular formula is C29H21BrClNO4S. The molecule has 37 heavy (non-hydrogen) atoms. The van der Waals surface area contributed by atoms with Crippen LogP contribution in [0, 0.1) is 0 Å². The second kappa shape index (κ2) is 11.0. The van der Waals surface area contributed by atoms with Crippen molar-refractivity contribution in [1.29, 1.82) is 0 Å². The Hall–Kier alpha value is -3.26. The molecule has 0 unspecified atom stereocenters. The molecule has 0 bridgehead atoms. The molecule has 1 aliphatic rings. The topological polar surface area (TPSA) is 55.8 Å². The molecule has 2 amide bonds. The van der Waals surface area contributed by atoms with Crippen LogP contribution < -0.4 is 9.47 Å². The second-order valence-corrected chi connectivity index (χ2v) is 10.7. The van der Waals surface area contributed by atoms with Crippen LogP contribution in [0.4, 0.5) is 4.79 Å². The number of thioether (sulfide) groups is 1. The monoisotopic (exact) mass is 593 g/mol. The highest BCUT2D eigenvalue weighted by Crippen LogP contribution is 2.40. The van der Waals surface area contributed by atoms with Crippen molar-refractivity contribution < 1.29 is 19.1 Å². The molecule has 0 aliphatic carbocycles. The number of amides is 2. The lowest BCUT2D eigenvalue weighted by Crippen LogP contribution is -2.27. The third-order valence-corrected chi connectivity index (χ3v) is 7.62. The molecule has 1 aliphatic heterocycles. The predicted molar refractivity (Wildman–Crippen MR) is 152 cm³/mol. The molecule has 0 N–H and O–H groups in total. The van der Waals surface area contributed by atoms with Crippen LogP contribution in [0.3, 0.4) is 0 Å². The molecule has 0 aromatic heterocycles. The zero-order valence-electron chi connectivity index (χ0n) is 19.7. The summed E-state index contributed by atoms with van der Waals surface area (Å²) in [5.41, 5.74) is 2.56. The standard InChI is InChI=1S/C29H21BrClNO4S/c1-35-25-14-20(15-26-28(33)32(29(34)37-26)16-18-7-10-23(31)11-8-18)13-24(30)27(25)36-17-19-6-9-21-4-2-3-5-22(21)12-19/h2-15H,16-17H2,1H3/b26-15-. The van der Waals surface area contributed by atoms with Crippen LogP contribution >= 0.6 is 39.3 Å². The summed E-state index contributed by atoms with van der Waals surface area (Å²) in [7, 11) is 1.56. The van der Waals surface area contributed by atoms with Gasteiger partial charge in [-0.2, -0.15) is 0 Å². The number of hydrogen-bond acceptors (Lipinski definition) is 5. The summed E-state index contributed by atoms with van der Waals surface area (Å²) in [6, 6.07) is 25.1. The van der Waals surface area contributed by atoms with E-state index in [1.807, 2.05) is 24.3 Å². The van der Waals surface area contributed by atoms with Crippen molar-refractivity contribution in [3.63, 3.8) is 0 Å². The number of hydrogen-bond donors (Lipinski definition) is 0. The first-order valence-corrected chi connectivity index (χ1v) is 13.4. The fourth-order valence-electron chi connectivity index (χ4n) is 4.01. The van der Waals surface area contributed by atoms with Crippen LogP contribution in [-0.4, -0.2) is 23.2 Å². The van der Waals surface area contributed by atoms with Gasteiger partial charge in [0.15, 0.2) is 11.5 Å². The van der Waals surface area contributed by atoms with E-state index in [1.54, 1.807) is 43.5 Å². The largest absolute Gasteiger partial charge is 0.493 e. The zero-order chi connectivity index (χ0) is 25.9. The van der Waals surface area contributed by atoms with E-state index in [1.165, 1.54) is 10.3 Å². The first-order chi connectivity index (χ1) is 17.9. The SMILES string of the molecule is COc1cc(/C=C2\SC(=O)N(Cc3ccc(Cl)cc3)C2=O)cc(Br)c1OCc1ccc2ccccc2c1. The van der Waals surface area contributed by atoms with E-state index in [0.29, 0.717) is 38.1 Å². The molecule has 1 heterocycles. The fourth-order valence-corrected chi connectivity index (χ4v) is 5.55. The fraction of sp³-hybridized carbons (Fsp3) is 0.103. The van der Waals surface area contributed by atoms with Crippen LogP contribution in [0.2, 0.25) is 5.02 Å². The Kier molecular flexibility index (Phi) is 7.55. The van der Waals surface area contributed by atoms with Gasteiger partial charge in [-0.1, -0.05) is 60.1 Å². The number of carbonyl (C=O) groups excluding carboxylic acids is 2. The van der Waals surface area contributed by atoms with Gasteiger partial charge in [0.25, 0.3) is 11.1 Å². The maximum atomic E-state index is 13.0. The third kappa shape index (κ3) is 5.69. The molecule has 0 spiro atoms. The van der Waals surface area contributed by atoms with Gasteiger partial charge in [-0.3, -0.25) is 14.5 Å². The van der Waals surface area contributed by atoms with Crippen molar-refractivity contribution in [3.8, 4) is 11.5 Å². The van der Waals surface area contributed by atoms with Gasteiger partial charge in [0.2, 0.25) is 0 Å². The molecular weight excluding hydrogens is 574 g/mol. The highest BCUT2D eigenvalue weighted by Gasteiger charge is 2.35. The molecule has 4 aromatic carbocycles. The predicted octanol–water partition coefficient (Wildman–Crippen LogP) is 8.08. The summed E-state index contributed by atoms with van der Waals surface area (Å²) in [5, 5.41) is 2.61. The van der Waals surface area contributed by atoms with Crippen molar-refractivity contribution in [1.82, 2.24) is 4.90 Å². The Balaban J connectivity index is 1.33. The second-order valence-electron chi connectivity index (χ2n) is 8.40. The molecule has 0 atom stereocenters. The lowest BCUT2D eigenvalue weighted by Gasteiger charge is -2.14. The summed E-state index contributed by atoms with van der Waals surface area (Å²) in [6.07, 6.45) is 1.69. The molecule has 5 nitrogen and oxygen atoms in total. The van der Waals surface area contributed by atoms with E-state index in [2.05, 4.69) is 40.2 Å². The van der Waals surface area contributed by atoms with Crippen LogP contribution in [0.1, 0.15) is 16.7 Å². The van der Waals surface area contributed by atoms with Crippen molar-refractivity contribution in [2.75, 3.05) is 7.11 Å². The van der Waals surface area contributed by atoms with Crippen LogP contribution in [0.25, 0.3) is 16.8 Å². The molecule has 5 rings (SSSR count). The number of carbonyl (C=O) groups is 2. The van der Waals surface area contributed by atoms with E-state index in [0.717, 1.165) is 28.3 Å². The van der Waals surface area contributed by atoms with E-state index in [9.17, 15) is 9.59 Å². The van der Waals surface area contributed by atoms with Gasteiger partial charge in [-0.05, 0) is 91.6 Å². The average molecular weight is 595 g/mol. The first kappa shape index (κ1) is 25.4. The van der Waals surface area contributed by atoms with Crippen LogP contribution in [0.15, 0.2) is 88.2 Å². The molecule has 8 heteroatoms. The molecule has 186 valence electrons. The van der Waals surface area contributed by atoms with E-state index < -0.39 is 0 Å². The lowest BCUT2D eigenvalue weighted by molar-refractivity contribution is -0.123. The number of halogens is 2. The van der Waals surface area contributed by atoms with Crippen molar-refractivity contribution in [2.45, 2.75) is 13.2 Å². The van der Waals surface area contributed by atoms with Gasteiger partial charge < -0.3 is 9.47 Å². The maximum absolute atomic E-state index is 13.0. The van der Waals surface area contributed by atoms with Crippen LogP contribution in [0.5, 0.6) is 11.5 Å². The number of imide groups is 1. The van der Waals surface area contributed by atoms with Crippen molar-refractivity contribution >= 4 is 67.3 Å². The van der Waals surface area contributed by atoms with Gasteiger partial charge in [-0.15, -0.1) is 0 Å². The quantitative estimate of drug-likeness (QED) is 0.203. The maximum Gasteiger partial charge on any atom is 0.293 e. The zero-order valence-corrected chi connectivity index (χ0v) is 22.9. The number of benzene rings is 4. The van der Waals surface area contributed by atoms with Gasteiger partial charge in [0.05, 0.1) is 23.0 Å². The Labute approximate surface area is 232 Å². The Morgan fingerprint density at radius 3 is 2.43 bits per heavy atom. The van der Waals surface area contributed by atoms with Crippen LogP contribution in [-0.2, 0) is 17.9 Å². The highest BCUT2D eigenvalue weighted by atomic mass is 79.9. The molecule has 4 aromatic rings. The van der Waals surface area contributed by atoms with Gasteiger partial charge in [0.1, 0.15) is 6.61 Å². The Bertz CT molecular complexity index is 1540. The van der Waals surface area contributed by atoms with E-state index in [4.69, 9.17) is 21.1 Å². The highest BCUT2D eigenvalue weighted by molar-refractivity contribution is 9.10. The van der Waals surface area contributed by atoms with E-state index in [-0.39, 0.29) is 17.7 Å². The summed E-state index contributed by atoms with van der Waals surface area (Å²) >= 11 is 10.4. The number of rotatable bonds is 7. The summed E-state index contributed by atoms with van der Waals surface area (Å²) in [4.78, 5) is 27.1. The summed E-state index contributed by atoms with van der Waals surface area (Å²) in [5.74, 6) is 0.738. The van der Waals surface area contributed by atoms with Gasteiger partial charge in [0, 0.05) is 5.02 Å². The summed E-state index contributed by atoms with van der Waals surface area (Å²) < 4.78 is 12.4. The van der Waals surface area contributed by atoms with Gasteiger partial charge in [-0.25, -0.2) is 0 Å². The third-order valence-electron chi connectivity index (χ3n) is 5.87. The number of nitrogens with zero attached hydrogens (tertiary/aromatic N) is 1. The number of ether oxygens (including phenoxy) is 2. The number of fused-ring (bicyclic) bond motifs is 1. The van der Waals surface area contributed by atoms with Gasteiger partial charge >= 0.3 is 0 Å². The van der Waals surface area contributed by atoms with Crippen molar-refractivity contribution in [2.24, 2.45) is 0 Å². The molecule has 1 saturated heterocycles. The van der Waals surface area contributed by atoms with Crippen molar-refractivity contribution in [3.05, 3.63) is 110 Å². The Morgan fingerprint density at radius 1 is 0.946 bits per heavy atom. The minimum Gasteiger partial charge on any atom is -0.493 e. The number of methoxy groups -OCH3 is 1. The minimum atomic E-state index is -0.336. The first-order valence-electron chi connectivity index (χ1n) is 11.4. The van der Waals surface area contributed by atoms with E-state index >= 15 is 0 Å². The molecule has 0 radical (unpaired) electrons. The molecule has 1 fully saturated rings. The minimum absolute atomic E-state index is 0.188. The lowest BCUT2D eigenvalue weighted by atomic mass is 10.1.